The Balaban J connectivity index is 3.15. The van der Waals surface area contributed by atoms with Gasteiger partial charge in [-0.15, -0.1) is 0 Å². The molecule has 70 valence electrons. The molecule has 1 heterocycles. The van der Waals surface area contributed by atoms with Crippen LogP contribution in [0.5, 0.6) is 0 Å². The second kappa shape index (κ2) is 4.37. The Bertz CT molecular complexity index is 325. The predicted molar refractivity (Wildman–Crippen MR) is 52.9 cm³/mol. The fourth-order valence-electron chi connectivity index (χ4n) is 0.991. The van der Waals surface area contributed by atoms with Crippen molar-refractivity contribution in [3.05, 3.63) is 29.1 Å². The van der Waals surface area contributed by atoms with Crippen molar-refractivity contribution in [2.24, 2.45) is 0 Å². The molecule has 0 N–H and O–H groups in total. The van der Waals surface area contributed by atoms with Crippen LogP contribution < -0.4 is 0 Å². The Kier molecular flexibility index (Phi) is 3.42. The van der Waals surface area contributed by atoms with Crippen molar-refractivity contribution in [1.82, 2.24) is 4.98 Å². The molecule has 0 saturated heterocycles. The number of halogens is 1. The largest absolute Gasteiger partial charge is 0.465 e. The number of aromatic nitrogens is 1. The molecule has 1 rings (SSSR count). The van der Waals surface area contributed by atoms with Gasteiger partial charge in [0, 0.05) is 11.5 Å². The van der Waals surface area contributed by atoms with Gasteiger partial charge in [0.25, 0.3) is 0 Å². The molecule has 0 amide bonds. The standard InChI is InChI=1S/C9H10BrNO2/c1-6-3-7(9(12)13-2)8(4-10)11-5-6/h3,5H,4H2,1-2H3. The van der Waals surface area contributed by atoms with Gasteiger partial charge in [-0.05, 0) is 18.6 Å². The first kappa shape index (κ1) is 10.2. The zero-order chi connectivity index (χ0) is 9.84. The summed E-state index contributed by atoms with van der Waals surface area (Å²) in [6.45, 7) is 1.89. The van der Waals surface area contributed by atoms with Gasteiger partial charge in [0.05, 0.1) is 18.4 Å². The number of rotatable bonds is 2. The number of hydrogen-bond donors (Lipinski definition) is 0. The van der Waals surface area contributed by atoms with Crippen molar-refractivity contribution in [2.75, 3.05) is 7.11 Å². The molecule has 0 radical (unpaired) electrons. The maximum Gasteiger partial charge on any atom is 0.339 e. The number of esters is 1. The van der Waals surface area contributed by atoms with E-state index in [9.17, 15) is 4.79 Å². The highest BCUT2D eigenvalue weighted by atomic mass is 79.9. The van der Waals surface area contributed by atoms with Crippen molar-refractivity contribution in [2.45, 2.75) is 12.3 Å². The van der Waals surface area contributed by atoms with E-state index in [1.54, 1.807) is 12.3 Å². The number of carbonyl (C=O) groups excluding carboxylic acids is 1. The van der Waals surface area contributed by atoms with E-state index in [0.29, 0.717) is 16.6 Å². The molecule has 0 atom stereocenters. The number of ether oxygens (including phenoxy) is 1. The van der Waals surface area contributed by atoms with Crippen LogP contribution in [0.25, 0.3) is 0 Å². The monoisotopic (exact) mass is 243 g/mol. The molecule has 0 aromatic carbocycles. The van der Waals surface area contributed by atoms with Gasteiger partial charge in [-0.2, -0.15) is 0 Å². The molecule has 3 nitrogen and oxygen atoms in total. The van der Waals surface area contributed by atoms with Crippen LogP contribution in [0.4, 0.5) is 0 Å². The molecular formula is C9H10BrNO2. The molecule has 0 aliphatic carbocycles. The van der Waals surface area contributed by atoms with E-state index in [-0.39, 0.29) is 5.97 Å². The van der Waals surface area contributed by atoms with Gasteiger partial charge in [0.15, 0.2) is 0 Å². The fourth-order valence-corrected chi connectivity index (χ4v) is 1.44. The lowest BCUT2D eigenvalue weighted by Gasteiger charge is -2.04. The lowest BCUT2D eigenvalue weighted by atomic mass is 10.1. The number of aryl methyl sites for hydroxylation is 1. The Labute approximate surface area is 85.3 Å². The Morgan fingerprint density at radius 1 is 1.69 bits per heavy atom. The van der Waals surface area contributed by atoms with Crippen LogP contribution in [0.2, 0.25) is 0 Å². The number of pyridine rings is 1. The van der Waals surface area contributed by atoms with Gasteiger partial charge < -0.3 is 4.74 Å². The average molecular weight is 244 g/mol. The molecule has 0 unspecified atom stereocenters. The third-order valence-corrected chi connectivity index (χ3v) is 2.17. The van der Waals surface area contributed by atoms with Crippen LogP contribution in [0.3, 0.4) is 0 Å². The van der Waals surface area contributed by atoms with Gasteiger partial charge in [-0.1, -0.05) is 15.9 Å². The number of methoxy groups -OCH3 is 1. The van der Waals surface area contributed by atoms with Gasteiger partial charge in [-0.25, -0.2) is 4.79 Å². The van der Waals surface area contributed by atoms with E-state index in [1.807, 2.05) is 6.92 Å². The first-order chi connectivity index (χ1) is 6.19. The van der Waals surface area contributed by atoms with E-state index in [0.717, 1.165) is 5.56 Å². The van der Waals surface area contributed by atoms with E-state index >= 15 is 0 Å². The average Bonchev–Trinajstić information content (AvgIpc) is 2.16. The lowest BCUT2D eigenvalue weighted by molar-refractivity contribution is 0.0599. The minimum atomic E-state index is -0.342. The zero-order valence-corrected chi connectivity index (χ0v) is 9.09. The summed E-state index contributed by atoms with van der Waals surface area (Å²) in [5.41, 5.74) is 2.18. The third kappa shape index (κ3) is 2.28. The maximum absolute atomic E-state index is 11.3. The van der Waals surface area contributed by atoms with E-state index in [2.05, 4.69) is 25.7 Å². The topological polar surface area (TPSA) is 39.2 Å². The van der Waals surface area contributed by atoms with Gasteiger partial charge in [0.2, 0.25) is 0 Å². The van der Waals surface area contributed by atoms with Crippen LogP contribution >= 0.6 is 15.9 Å². The minimum absolute atomic E-state index is 0.342. The first-order valence-corrected chi connectivity index (χ1v) is 4.91. The molecule has 0 aliphatic rings. The molecule has 0 aliphatic heterocycles. The van der Waals surface area contributed by atoms with Crippen molar-refractivity contribution in [3.63, 3.8) is 0 Å². The van der Waals surface area contributed by atoms with E-state index in [1.165, 1.54) is 7.11 Å². The van der Waals surface area contributed by atoms with E-state index < -0.39 is 0 Å². The van der Waals surface area contributed by atoms with Crippen molar-refractivity contribution in [3.8, 4) is 0 Å². The smallest absolute Gasteiger partial charge is 0.339 e. The van der Waals surface area contributed by atoms with Crippen LogP contribution in [0, 0.1) is 6.92 Å². The summed E-state index contributed by atoms with van der Waals surface area (Å²) in [4.78, 5) is 15.4. The molecule has 1 aromatic heterocycles. The molecular weight excluding hydrogens is 234 g/mol. The summed E-state index contributed by atoms with van der Waals surface area (Å²) in [7, 11) is 1.36. The fraction of sp³-hybridized carbons (Fsp3) is 0.333. The van der Waals surface area contributed by atoms with Crippen LogP contribution in [-0.4, -0.2) is 18.1 Å². The molecule has 0 spiro atoms. The Morgan fingerprint density at radius 2 is 2.38 bits per heavy atom. The quantitative estimate of drug-likeness (QED) is 0.590. The molecule has 1 aromatic rings. The molecule has 0 saturated carbocycles. The number of nitrogens with zero attached hydrogens (tertiary/aromatic N) is 1. The number of alkyl halides is 1. The first-order valence-electron chi connectivity index (χ1n) is 3.79. The SMILES string of the molecule is COC(=O)c1cc(C)cnc1CBr. The highest BCUT2D eigenvalue weighted by Crippen LogP contribution is 2.12. The van der Waals surface area contributed by atoms with Crippen molar-refractivity contribution >= 4 is 21.9 Å². The molecule has 4 heteroatoms. The summed E-state index contributed by atoms with van der Waals surface area (Å²) in [6.07, 6.45) is 1.73. The Morgan fingerprint density at radius 3 is 2.92 bits per heavy atom. The van der Waals surface area contributed by atoms with Gasteiger partial charge in [0.1, 0.15) is 0 Å². The predicted octanol–water partition coefficient (Wildman–Crippen LogP) is 2.07. The van der Waals surface area contributed by atoms with Crippen molar-refractivity contribution in [1.29, 1.82) is 0 Å². The highest BCUT2D eigenvalue weighted by molar-refractivity contribution is 9.08. The van der Waals surface area contributed by atoms with Gasteiger partial charge in [-0.3, -0.25) is 4.98 Å². The molecule has 0 fully saturated rings. The second-order valence-corrected chi connectivity index (χ2v) is 3.19. The lowest BCUT2D eigenvalue weighted by Crippen LogP contribution is -2.06. The third-order valence-electron chi connectivity index (χ3n) is 1.64. The second-order valence-electron chi connectivity index (χ2n) is 2.63. The Hall–Kier alpha value is -0.900. The summed E-state index contributed by atoms with van der Waals surface area (Å²) >= 11 is 3.26. The summed E-state index contributed by atoms with van der Waals surface area (Å²) in [6, 6.07) is 1.77. The normalized spacial score (nSPS) is 9.77. The van der Waals surface area contributed by atoms with Crippen molar-refractivity contribution < 1.29 is 9.53 Å². The molecule has 13 heavy (non-hydrogen) atoms. The molecule has 0 bridgehead atoms. The zero-order valence-electron chi connectivity index (χ0n) is 7.50. The summed E-state index contributed by atoms with van der Waals surface area (Å²) in [5, 5.41) is 0.553. The number of carbonyl (C=O) groups is 1. The highest BCUT2D eigenvalue weighted by Gasteiger charge is 2.11. The van der Waals surface area contributed by atoms with Crippen LogP contribution in [-0.2, 0) is 10.1 Å². The van der Waals surface area contributed by atoms with Crippen LogP contribution in [0.1, 0.15) is 21.6 Å². The maximum atomic E-state index is 11.3. The number of hydrogen-bond acceptors (Lipinski definition) is 3. The van der Waals surface area contributed by atoms with E-state index in [4.69, 9.17) is 0 Å². The van der Waals surface area contributed by atoms with Gasteiger partial charge >= 0.3 is 5.97 Å². The summed E-state index contributed by atoms with van der Waals surface area (Å²) < 4.78 is 4.63. The summed E-state index contributed by atoms with van der Waals surface area (Å²) in [5.74, 6) is -0.342. The minimum Gasteiger partial charge on any atom is -0.465 e. The van der Waals surface area contributed by atoms with Crippen LogP contribution in [0.15, 0.2) is 12.3 Å².